The molecule has 156 valence electrons. The molecule has 1 saturated carbocycles. The highest BCUT2D eigenvalue weighted by atomic mass is 32.2. The minimum absolute atomic E-state index is 0.0491. The Balaban J connectivity index is 1.71. The smallest absolute Gasteiger partial charge is 0.211 e. The normalized spacial score (nSPS) is 25.4. The molecule has 0 radical (unpaired) electrons. The molecule has 0 bridgehead atoms. The van der Waals surface area contributed by atoms with E-state index in [4.69, 9.17) is 9.88 Å². The van der Waals surface area contributed by atoms with Crippen molar-refractivity contribution in [3.63, 3.8) is 0 Å². The fraction of sp³-hybridized carbons (Fsp3) is 0.650. The van der Waals surface area contributed by atoms with Crippen LogP contribution in [-0.4, -0.2) is 56.6 Å². The summed E-state index contributed by atoms with van der Waals surface area (Å²) in [6, 6.07) is 5.26. The zero-order valence-corrected chi connectivity index (χ0v) is 17.4. The highest BCUT2D eigenvalue weighted by Crippen LogP contribution is 2.30. The standard InChI is InChI=1S/C20H30FN3O3S/c1-14-3-4-16(11-19(14)21)20(13-24-10-9-23-15(2)12-24)27-17-5-7-18(8-6-17)28(22,25)26/h3-4,11,17-18,20H,5-10,12-13H2,1-2H3,(H2,22,25,26). The SMILES string of the molecule is CC1=NCCN(CC(OC2CCC(S(N)(=O)=O)CC2)c2ccc(C)c(F)c2)C1. The second-order valence-corrected chi connectivity index (χ2v) is 9.82. The van der Waals surface area contributed by atoms with Crippen LogP contribution in [0.3, 0.4) is 0 Å². The van der Waals surface area contributed by atoms with Gasteiger partial charge >= 0.3 is 0 Å². The van der Waals surface area contributed by atoms with E-state index in [0.717, 1.165) is 30.9 Å². The van der Waals surface area contributed by atoms with Crippen LogP contribution < -0.4 is 5.14 Å². The van der Waals surface area contributed by atoms with E-state index in [2.05, 4.69) is 9.89 Å². The van der Waals surface area contributed by atoms with Crippen molar-refractivity contribution in [2.75, 3.05) is 26.2 Å². The summed E-state index contributed by atoms with van der Waals surface area (Å²) in [7, 11) is -3.50. The van der Waals surface area contributed by atoms with Crippen LogP contribution in [0.5, 0.6) is 0 Å². The van der Waals surface area contributed by atoms with Crippen molar-refractivity contribution in [2.24, 2.45) is 10.1 Å². The van der Waals surface area contributed by atoms with Gasteiger partial charge in [0.25, 0.3) is 0 Å². The molecule has 2 N–H and O–H groups in total. The van der Waals surface area contributed by atoms with Gasteiger partial charge in [-0.3, -0.25) is 9.89 Å². The van der Waals surface area contributed by atoms with E-state index in [1.807, 2.05) is 13.0 Å². The number of aryl methyl sites for hydroxylation is 1. The molecule has 1 atom stereocenters. The molecule has 1 aromatic carbocycles. The quantitative estimate of drug-likeness (QED) is 0.780. The van der Waals surface area contributed by atoms with Gasteiger partial charge in [-0.15, -0.1) is 0 Å². The number of hydrogen-bond acceptors (Lipinski definition) is 5. The summed E-state index contributed by atoms with van der Waals surface area (Å²) < 4.78 is 43.7. The first-order valence-electron chi connectivity index (χ1n) is 9.88. The van der Waals surface area contributed by atoms with Crippen molar-refractivity contribution >= 4 is 15.7 Å². The number of hydrogen-bond donors (Lipinski definition) is 1. The number of primary sulfonamides is 1. The van der Waals surface area contributed by atoms with E-state index >= 15 is 0 Å². The topological polar surface area (TPSA) is 85.0 Å². The maximum atomic E-state index is 14.2. The summed E-state index contributed by atoms with van der Waals surface area (Å²) in [4.78, 5) is 6.72. The van der Waals surface area contributed by atoms with Gasteiger partial charge in [0.05, 0.1) is 24.0 Å². The van der Waals surface area contributed by atoms with Crippen molar-refractivity contribution in [3.05, 3.63) is 35.1 Å². The van der Waals surface area contributed by atoms with E-state index in [-0.39, 0.29) is 18.0 Å². The van der Waals surface area contributed by atoms with Crippen LogP contribution >= 0.6 is 0 Å². The molecule has 0 spiro atoms. The molecule has 3 rings (SSSR count). The van der Waals surface area contributed by atoms with Crippen LogP contribution in [0, 0.1) is 12.7 Å². The first kappa shape index (κ1) is 21.4. The molecule has 28 heavy (non-hydrogen) atoms. The maximum Gasteiger partial charge on any atom is 0.211 e. The van der Waals surface area contributed by atoms with Crippen molar-refractivity contribution in [2.45, 2.75) is 57.0 Å². The lowest BCUT2D eigenvalue weighted by Gasteiger charge is -2.34. The zero-order valence-electron chi connectivity index (χ0n) is 16.6. The molecule has 1 heterocycles. The molecular weight excluding hydrogens is 381 g/mol. The number of ether oxygens (including phenoxy) is 1. The molecule has 1 unspecified atom stereocenters. The summed E-state index contributed by atoms with van der Waals surface area (Å²) in [5.41, 5.74) is 2.52. The summed E-state index contributed by atoms with van der Waals surface area (Å²) >= 11 is 0. The molecule has 1 fully saturated rings. The summed E-state index contributed by atoms with van der Waals surface area (Å²) in [5.74, 6) is -0.236. The monoisotopic (exact) mass is 411 g/mol. The number of aliphatic imine (C=N–C) groups is 1. The maximum absolute atomic E-state index is 14.2. The number of rotatable bonds is 6. The average Bonchev–Trinajstić information content (AvgIpc) is 2.63. The number of nitrogens with two attached hydrogens (primary N) is 1. The van der Waals surface area contributed by atoms with Crippen molar-refractivity contribution in [1.82, 2.24) is 4.90 Å². The van der Waals surface area contributed by atoms with E-state index < -0.39 is 15.3 Å². The lowest BCUT2D eigenvalue weighted by atomic mass is 9.96. The predicted octanol–water partition coefficient (Wildman–Crippen LogP) is 2.57. The molecule has 1 aliphatic carbocycles. The van der Waals surface area contributed by atoms with Crippen LogP contribution in [0.2, 0.25) is 0 Å². The summed E-state index contributed by atoms with van der Waals surface area (Å²) in [6.45, 7) is 6.82. The van der Waals surface area contributed by atoms with Crippen LogP contribution in [0.4, 0.5) is 4.39 Å². The minimum atomic E-state index is -3.50. The Kier molecular flexibility index (Phi) is 6.85. The van der Waals surface area contributed by atoms with Gasteiger partial charge in [-0.05, 0) is 56.7 Å². The Bertz CT molecular complexity index is 820. The van der Waals surface area contributed by atoms with Crippen LogP contribution in [0.25, 0.3) is 0 Å². The molecular formula is C20H30FN3O3S. The molecule has 0 amide bonds. The number of nitrogens with zero attached hydrogens (tertiary/aromatic N) is 2. The Morgan fingerprint density at radius 1 is 1.29 bits per heavy atom. The van der Waals surface area contributed by atoms with E-state index in [9.17, 15) is 12.8 Å². The Labute approximate surface area is 167 Å². The fourth-order valence-electron chi connectivity index (χ4n) is 3.99. The molecule has 8 heteroatoms. The molecule has 2 aliphatic rings. The second kappa shape index (κ2) is 8.98. The summed E-state index contributed by atoms with van der Waals surface area (Å²) in [6.07, 6.45) is 1.99. The van der Waals surface area contributed by atoms with Gasteiger partial charge in [-0.2, -0.15) is 0 Å². The highest BCUT2D eigenvalue weighted by Gasteiger charge is 2.31. The summed E-state index contributed by atoms with van der Waals surface area (Å²) in [5, 5.41) is 4.80. The van der Waals surface area contributed by atoms with E-state index in [1.54, 1.807) is 19.1 Å². The van der Waals surface area contributed by atoms with Gasteiger partial charge < -0.3 is 4.74 Å². The third-order valence-electron chi connectivity index (χ3n) is 5.68. The molecule has 6 nitrogen and oxygen atoms in total. The third kappa shape index (κ3) is 5.59. The molecule has 1 aliphatic heterocycles. The van der Waals surface area contributed by atoms with Gasteiger partial charge in [0.1, 0.15) is 5.82 Å². The van der Waals surface area contributed by atoms with Gasteiger partial charge in [0.2, 0.25) is 10.0 Å². The number of benzene rings is 1. The molecule has 0 saturated heterocycles. The number of sulfonamides is 1. The van der Waals surface area contributed by atoms with Gasteiger partial charge in [-0.1, -0.05) is 12.1 Å². The molecule has 0 aromatic heterocycles. The third-order valence-corrected chi connectivity index (χ3v) is 7.09. The van der Waals surface area contributed by atoms with Crippen molar-refractivity contribution in [3.8, 4) is 0 Å². The second-order valence-electron chi connectivity index (χ2n) is 7.97. The first-order valence-corrected chi connectivity index (χ1v) is 11.5. The largest absolute Gasteiger partial charge is 0.369 e. The van der Waals surface area contributed by atoms with Crippen molar-refractivity contribution in [1.29, 1.82) is 0 Å². The highest BCUT2D eigenvalue weighted by molar-refractivity contribution is 7.89. The predicted molar refractivity (Wildman–Crippen MR) is 109 cm³/mol. The Morgan fingerprint density at radius 3 is 2.61 bits per heavy atom. The fourth-order valence-corrected chi connectivity index (χ4v) is 4.92. The lowest BCUT2D eigenvalue weighted by Crippen LogP contribution is -2.40. The van der Waals surface area contributed by atoms with E-state index in [1.165, 1.54) is 0 Å². The number of halogens is 1. The van der Waals surface area contributed by atoms with Crippen LogP contribution in [0.15, 0.2) is 23.2 Å². The first-order chi connectivity index (χ1) is 13.2. The van der Waals surface area contributed by atoms with Gasteiger partial charge in [0.15, 0.2) is 0 Å². The van der Waals surface area contributed by atoms with Crippen LogP contribution in [0.1, 0.15) is 49.8 Å². The van der Waals surface area contributed by atoms with Gasteiger partial charge in [0, 0.05) is 25.3 Å². The Morgan fingerprint density at radius 2 is 2.00 bits per heavy atom. The Hall–Kier alpha value is -1.35. The van der Waals surface area contributed by atoms with Crippen LogP contribution in [-0.2, 0) is 14.8 Å². The average molecular weight is 412 g/mol. The minimum Gasteiger partial charge on any atom is -0.369 e. The van der Waals surface area contributed by atoms with E-state index in [0.29, 0.717) is 37.8 Å². The van der Waals surface area contributed by atoms with Gasteiger partial charge in [-0.25, -0.2) is 17.9 Å². The molecule has 1 aromatic rings. The lowest BCUT2D eigenvalue weighted by molar-refractivity contribution is -0.0441. The van der Waals surface area contributed by atoms with Crippen molar-refractivity contribution < 1.29 is 17.5 Å². The zero-order chi connectivity index (χ0) is 20.3.